The lowest BCUT2D eigenvalue weighted by molar-refractivity contribution is 0.0599. The van der Waals surface area contributed by atoms with E-state index in [0.29, 0.717) is 17.5 Å². The molecule has 0 radical (unpaired) electrons. The number of nitrogens with two attached hydrogens (primary N) is 1. The van der Waals surface area contributed by atoms with Crippen LogP contribution >= 0.6 is 0 Å². The van der Waals surface area contributed by atoms with Crippen LogP contribution in [0.25, 0.3) is 0 Å². The van der Waals surface area contributed by atoms with E-state index in [1.807, 2.05) is 6.92 Å². The number of hydrogen-bond acceptors (Lipinski definition) is 3. The van der Waals surface area contributed by atoms with E-state index in [1.54, 1.807) is 13.0 Å². The summed E-state index contributed by atoms with van der Waals surface area (Å²) in [4.78, 5) is 11.4. The van der Waals surface area contributed by atoms with Crippen molar-refractivity contribution in [3.05, 3.63) is 34.6 Å². The first-order chi connectivity index (χ1) is 7.45. The number of benzene rings is 1. The molecule has 0 aliphatic rings. The van der Waals surface area contributed by atoms with Crippen LogP contribution in [0.2, 0.25) is 0 Å². The highest BCUT2D eigenvalue weighted by Gasteiger charge is 2.14. The zero-order chi connectivity index (χ0) is 12.3. The molecule has 1 aromatic rings. The van der Waals surface area contributed by atoms with Gasteiger partial charge in [0, 0.05) is 6.04 Å². The van der Waals surface area contributed by atoms with Crippen molar-refractivity contribution in [1.29, 1.82) is 0 Å². The molecule has 0 bridgehead atoms. The molecule has 0 saturated carbocycles. The predicted molar refractivity (Wildman–Crippen MR) is 59.8 cm³/mol. The Morgan fingerprint density at radius 2 is 2.19 bits per heavy atom. The van der Waals surface area contributed by atoms with E-state index < -0.39 is 11.8 Å². The topological polar surface area (TPSA) is 52.3 Å². The van der Waals surface area contributed by atoms with Gasteiger partial charge in [-0.1, -0.05) is 0 Å². The molecular formula is C12H16FNO2. The monoisotopic (exact) mass is 225 g/mol. The second-order valence-corrected chi connectivity index (χ2v) is 3.92. The van der Waals surface area contributed by atoms with E-state index in [0.717, 1.165) is 0 Å². The van der Waals surface area contributed by atoms with Gasteiger partial charge < -0.3 is 10.5 Å². The minimum atomic E-state index is -0.525. The summed E-state index contributed by atoms with van der Waals surface area (Å²) in [7, 11) is 1.28. The Morgan fingerprint density at radius 3 is 2.69 bits per heavy atom. The van der Waals surface area contributed by atoms with Crippen molar-refractivity contribution in [2.24, 2.45) is 5.73 Å². The number of hydrogen-bond donors (Lipinski definition) is 1. The third-order valence-electron chi connectivity index (χ3n) is 2.37. The molecule has 0 saturated heterocycles. The van der Waals surface area contributed by atoms with E-state index in [-0.39, 0.29) is 11.6 Å². The van der Waals surface area contributed by atoms with Gasteiger partial charge in [-0.25, -0.2) is 9.18 Å². The van der Waals surface area contributed by atoms with E-state index in [4.69, 9.17) is 5.73 Å². The summed E-state index contributed by atoms with van der Waals surface area (Å²) in [6.45, 7) is 3.38. The maximum atomic E-state index is 13.5. The van der Waals surface area contributed by atoms with Crippen molar-refractivity contribution < 1.29 is 13.9 Å². The molecule has 0 spiro atoms. The van der Waals surface area contributed by atoms with Crippen molar-refractivity contribution in [1.82, 2.24) is 0 Å². The Hall–Kier alpha value is -1.42. The molecule has 1 rings (SSSR count). The van der Waals surface area contributed by atoms with Crippen molar-refractivity contribution in [2.75, 3.05) is 7.11 Å². The van der Waals surface area contributed by atoms with Crippen LogP contribution in [-0.2, 0) is 11.2 Å². The fraction of sp³-hybridized carbons (Fsp3) is 0.417. The first-order valence-corrected chi connectivity index (χ1v) is 5.08. The third kappa shape index (κ3) is 2.79. The zero-order valence-corrected chi connectivity index (χ0v) is 9.71. The van der Waals surface area contributed by atoms with Gasteiger partial charge in [0.1, 0.15) is 5.82 Å². The van der Waals surface area contributed by atoms with Crippen molar-refractivity contribution in [3.63, 3.8) is 0 Å². The van der Waals surface area contributed by atoms with Gasteiger partial charge >= 0.3 is 5.97 Å². The largest absolute Gasteiger partial charge is 0.465 e. The molecule has 4 heteroatoms. The standard InChI is InChI=1S/C12H16FNO2/c1-7(14)4-9-5-10(12(15)16-3)8(2)11(13)6-9/h5-7H,4,14H2,1-3H3. The Kier molecular flexibility index (Phi) is 4.01. The first-order valence-electron chi connectivity index (χ1n) is 5.08. The summed E-state index contributed by atoms with van der Waals surface area (Å²) >= 11 is 0. The van der Waals surface area contributed by atoms with Crippen LogP contribution in [-0.4, -0.2) is 19.1 Å². The minimum Gasteiger partial charge on any atom is -0.465 e. The predicted octanol–water partition coefficient (Wildman–Crippen LogP) is 1.81. The third-order valence-corrected chi connectivity index (χ3v) is 2.37. The highest BCUT2D eigenvalue weighted by molar-refractivity contribution is 5.91. The molecule has 1 atom stereocenters. The van der Waals surface area contributed by atoms with Gasteiger partial charge in [-0.3, -0.25) is 0 Å². The molecule has 0 aliphatic heterocycles. The molecule has 88 valence electrons. The molecule has 0 aliphatic carbocycles. The fourth-order valence-electron chi connectivity index (χ4n) is 1.55. The number of rotatable bonds is 3. The Morgan fingerprint density at radius 1 is 1.56 bits per heavy atom. The average molecular weight is 225 g/mol. The maximum absolute atomic E-state index is 13.5. The SMILES string of the molecule is COC(=O)c1cc(CC(C)N)cc(F)c1C. The Labute approximate surface area is 94.4 Å². The van der Waals surface area contributed by atoms with Crippen LogP contribution in [0.1, 0.15) is 28.4 Å². The summed E-state index contributed by atoms with van der Waals surface area (Å²) in [6.07, 6.45) is 0.529. The van der Waals surface area contributed by atoms with Crippen LogP contribution < -0.4 is 5.73 Å². The summed E-state index contributed by atoms with van der Waals surface area (Å²) < 4.78 is 18.1. The number of esters is 1. The first kappa shape index (κ1) is 12.6. The summed E-state index contributed by atoms with van der Waals surface area (Å²) in [5, 5.41) is 0. The maximum Gasteiger partial charge on any atom is 0.338 e. The Balaban J connectivity index is 3.16. The lowest BCUT2D eigenvalue weighted by Crippen LogP contribution is -2.18. The van der Waals surface area contributed by atoms with Gasteiger partial charge in [0.2, 0.25) is 0 Å². The highest BCUT2D eigenvalue weighted by Crippen LogP contribution is 2.17. The average Bonchev–Trinajstić information content (AvgIpc) is 2.21. The summed E-state index contributed by atoms with van der Waals surface area (Å²) in [5.41, 5.74) is 6.91. The number of methoxy groups -OCH3 is 1. The number of halogens is 1. The van der Waals surface area contributed by atoms with Gasteiger partial charge in [0.15, 0.2) is 0 Å². The molecule has 3 nitrogen and oxygen atoms in total. The molecule has 2 N–H and O–H groups in total. The van der Waals surface area contributed by atoms with Gasteiger partial charge in [0.05, 0.1) is 12.7 Å². The minimum absolute atomic E-state index is 0.0763. The van der Waals surface area contributed by atoms with Gasteiger partial charge in [-0.15, -0.1) is 0 Å². The zero-order valence-electron chi connectivity index (χ0n) is 9.71. The van der Waals surface area contributed by atoms with Crippen LogP contribution in [0.5, 0.6) is 0 Å². The number of carbonyl (C=O) groups excluding carboxylic acids is 1. The summed E-state index contributed by atoms with van der Waals surface area (Å²) in [6, 6.07) is 2.96. The molecule has 0 aromatic heterocycles. The summed E-state index contributed by atoms with van der Waals surface area (Å²) in [5.74, 6) is -0.929. The van der Waals surface area contributed by atoms with E-state index in [1.165, 1.54) is 13.2 Å². The molecule has 0 amide bonds. The van der Waals surface area contributed by atoms with Crippen molar-refractivity contribution >= 4 is 5.97 Å². The van der Waals surface area contributed by atoms with Crippen molar-refractivity contribution in [3.8, 4) is 0 Å². The Bertz CT molecular complexity index is 402. The van der Waals surface area contributed by atoms with Crippen molar-refractivity contribution in [2.45, 2.75) is 26.3 Å². The second-order valence-electron chi connectivity index (χ2n) is 3.92. The van der Waals surface area contributed by atoms with Gasteiger partial charge in [-0.05, 0) is 43.5 Å². The van der Waals surface area contributed by atoms with Crippen LogP contribution in [0, 0.1) is 12.7 Å². The molecule has 0 fully saturated rings. The molecule has 16 heavy (non-hydrogen) atoms. The smallest absolute Gasteiger partial charge is 0.338 e. The molecule has 1 unspecified atom stereocenters. The highest BCUT2D eigenvalue weighted by atomic mass is 19.1. The lowest BCUT2D eigenvalue weighted by atomic mass is 10.0. The van der Waals surface area contributed by atoms with Crippen LogP contribution in [0.15, 0.2) is 12.1 Å². The van der Waals surface area contributed by atoms with E-state index in [2.05, 4.69) is 4.74 Å². The molecular weight excluding hydrogens is 209 g/mol. The van der Waals surface area contributed by atoms with Gasteiger partial charge in [0.25, 0.3) is 0 Å². The lowest BCUT2D eigenvalue weighted by Gasteiger charge is -2.10. The van der Waals surface area contributed by atoms with Crippen LogP contribution in [0.3, 0.4) is 0 Å². The van der Waals surface area contributed by atoms with Gasteiger partial charge in [-0.2, -0.15) is 0 Å². The van der Waals surface area contributed by atoms with Crippen LogP contribution in [0.4, 0.5) is 4.39 Å². The van der Waals surface area contributed by atoms with E-state index >= 15 is 0 Å². The molecule has 1 aromatic carbocycles. The number of ether oxygens (including phenoxy) is 1. The second kappa shape index (κ2) is 5.07. The molecule has 0 heterocycles. The normalized spacial score (nSPS) is 12.3. The quantitative estimate of drug-likeness (QED) is 0.798. The van der Waals surface area contributed by atoms with E-state index in [9.17, 15) is 9.18 Å². The fourth-order valence-corrected chi connectivity index (χ4v) is 1.55. The number of carbonyl (C=O) groups is 1.